The molecule has 6 heteroatoms. The predicted octanol–water partition coefficient (Wildman–Crippen LogP) is 3.91. The second-order valence-electron chi connectivity index (χ2n) is 8.32. The molecule has 4 rings (SSSR count). The zero-order valence-electron chi connectivity index (χ0n) is 16.5. The molecule has 1 aliphatic heterocycles. The highest BCUT2D eigenvalue weighted by Crippen LogP contribution is 2.42. The lowest BCUT2D eigenvalue weighted by Gasteiger charge is -2.23. The number of hydrogen-bond acceptors (Lipinski definition) is 4. The summed E-state index contributed by atoms with van der Waals surface area (Å²) in [5.41, 5.74) is 2.61. The molecule has 0 unspecified atom stereocenters. The van der Waals surface area contributed by atoms with Crippen molar-refractivity contribution in [3.05, 3.63) is 41.2 Å². The molecule has 1 aromatic heterocycles. The van der Waals surface area contributed by atoms with Crippen LogP contribution in [0.3, 0.4) is 0 Å². The van der Waals surface area contributed by atoms with Crippen LogP contribution in [0.2, 0.25) is 0 Å². The van der Waals surface area contributed by atoms with Crippen LogP contribution in [0, 0.1) is 0 Å². The van der Waals surface area contributed by atoms with Crippen LogP contribution in [-0.4, -0.2) is 33.9 Å². The third-order valence-electron chi connectivity index (χ3n) is 5.07. The average Bonchev–Trinajstić information content (AvgIpc) is 3.19. The summed E-state index contributed by atoms with van der Waals surface area (Å²) in [5.74, 6) is 2.01. The highest BCUT2D eigenvalue weighted by molar-refractivity contribution is 5.92. The van der Waals surface area contributed by atoms with Crippen molar-refractivity contribution in [2.45, 2.75) is 58.5 Å². The number of carbonyl (C=O) groups excluding carboxylic acids is 1. The molecule has 0 radical (unpaired) electrons. The Bertz CT molecular complexity index is 862. The molecule has 1 amide bonds. The number of nitrogens with zero attached hydrogens (tertiary/aromatic N) is 3. The largest absolute Gasteiger partial charge is 0.454 e. The Hall–Kier alpha value is -2.50. The van der Waals surface area contributed by atoms with Crippen LogP contribution >= 0.6 is 0 Å². The van der Waals surface area contributed by atoms with E-state index in [4.69, 9.17) is 14.6 Å². The lowest BCUT2D eigenvalue weighted by molar-refractivity contribution is 0.0744. The normalized spacial score (nSPS) is 15.9. The highest BCUT2D eigenvalue weighted by atomic mass is 16.7. The van der Waals surface area contributed by atoms with Crippen molar-refractivity contribution in [3.63, 3.8) is 0 Å². The van der Waals surface area contributed by atoms with Gasteiger partial charge in [-0.15, -0.1) is 0 Å². The Morgan fingerprint density at radius 2 is 1.96 bits per heavy atom. The van der Waals surface area contributed by atoms with E-state index in [-0.39, 0.29) is 18.2 Å². The van der Waals surface area contributed by atoms with Crippen LogP contribution in [0.4, 0.5) is 0 Å². The maximum Gasteiger partial charge on any atom is 0.274 e. The summed E-state index contributed by atoms with van der Waals surface area (Å²) in [6, 6.07) is 7.82. The molecule has 144 valence electrons. The molecule has 2 aromatic rings. The third-order valence-corrected chi connectivity index (χ3v) is 5.07. The van der Waals surface area contributed by atoms with Crippen molar-refractivity contribution in [2.75, 3.05) is 13.3 Å². The SMILES string of the molecule is CCN(Cc1ccc2c(c1)OCO2)C(=O)c1cc(C2CC2)n(C(C)(C)C)n1. The van der Waals surface area contributed by atoms with Gasteiger partial charge in [-0.1, -0.05) is 6.07 Å². The first-order chi connectivity index (χ1) is 12.9. The Morgan fingerprint density at radius 1 is 1.22 bits per heavy atom. The molecule has 0 N–H and O–H groups in total. The molecular weight excluding hydrogens is 342 g/mol. The average molecular weight is 369 g/mol. The molecule has 6 nitrogen and oxygen atoms in total. The van der Waals surface area contributed by atoms with E-state index in [1.807, 2.05) is 40.8 Å². The van der Waals surface area contributed by atoms with E-state index in [0.29, 0.717) is 24.7 Å². The van der Waals surface area contributed by atoms with E-state index in [1.54, 1.807) is 0 Å². The molecule has 0 atom stereocenters. The molecule has 0 saturated heterocycles. The van der Waals surface area contributed by atoms with Crippen molar-refractivity contribution in [3.8, 4) is 11.5 Å². The van der Waals surface area contributed by atoms with Gasteiger partial charge in [0.25, 0.3) is 5.91 Å². The fourth-order valence-electron chi connectivity index (χ4n) is 3.46. The van der Waals surface area contributed by atoms with Gasteiger partial charge in [-0.2, -0.15) is 5.10 Å². The van der Waals surface area contributed by atoms with Gasteiger partial charge in [0.1, 0.15) is 0 Å². The number of amides is 1. The summed E-state index contributed by atoms with van der Waals surface area (Å²) in [6.07, 6.45) is 2.37. The van der Waals surface area contributed by atoms with E-state index in [1.165, 1.54) is 18.5 Å². The Kier molecular flexibility index (Phi) is 4.36. The number of aromatic nitrogens is 2. The maximum atomic E-state index is 13.1. The molecule has 0 bridgehead atoms. The smallest absolute Gasteiger partial charge is 0.274 e. The number of benzene rings is 1. The second-order valence-corrected chi connectivity index (χ2v) is 8.32. The fraction of sp³-hybridized carbons (Fsp3) is 0.524. The molecule has 27 heavy (non-hydrogen) atoms. The summed E-state index contributed by atoms with van der Waals surface area (Å²) in [5, 5.41) is 4.69. The molecule has 1 fully saturated rings. The first-order valence-electron chi connectivity index (χ1n) is 9.65. The van der Waals surface area contributed by atoms with E-state index >= 15 is 0 Å². The lowest BCUT2D eigenvalue weighted by atomic mass is 10.1. The van der Waals surface area contributed by atoms with Crippen LogP contribution in [0.5, 0.6) is 11.5 Å². The van der Waals surface area contributed by atoms with Crippen LogP contribution in [0.25, 0.3) is 0 Å². The van der Waals surface area contributed by atoms with Gasteiger partial charge < -0.3 is 14.4 Å². The van der Waals surface area contributed by atoms with Crippen LogP contribution in [-0.2, 0) is 12.1 Å². The van der Waals surface area contributed by atoms with Gasteiger partial charge in [0.2, 0.25) is 6.79 Å². The van der Waals surface area contributed by atoms with Gasteiger partial charge in [0.15, 0.2) is 17.2 Å². The number of fused-ring (bicyclic) bond motifs is 1. The van der Waals surface area contributed by atoms with Crippen LogP contribution < -0.4 is 9.47 Å². The summed E-state index contributed by atoms with van der Waals surface area (Å²) < 4.78 is 12.8. The van der Waals surface area contributed by atoms with Gasteiger partial charge in [0.05, 0.1) is 5.54 Å². The van der Waals surface area contributed by atoms with Gasteiger partial charge in [-0.3, -0.25) is 9.48 Å². The second kappa shape index (κ2) is 6.59. The van der Waals surface area contributed by atoms with E-state index in [9.17, 15) is 4.79 Å². The fourth-order valence-corrected chi connectivity index (χ4v) is 3.46. The van der Waals surface area contributed by atoms with Crippen molar-refractivity contribution in [1.29, 1.82) is 0 Å². The summed E-state index contributed by atoms with van der Waals surface area (Å²) in [4.78, 5) is 15.0. The third kappa shape index (κ3) is 3.53. The topological polar surface area (TPSA) is 56.6 Å². The molecule has 2 aliphatic rings. The first-order valence-corrected chi connectivity index (χ1v) is 9.65. The van der Waals surface area contributed by atoms with Gasteiger partial charge in [0, 0.05) is 24.7 Å². The summed E-state index contributed by atoms with van der Waals surface area (Å²) in [7, 11) is 0. The summed E-state index contributed by atoms with van der Waals surface area (Å²) >= 11 is 0. The molecule has 2 heterocycles. The number of hydrogen-bond donors (Lipinski definition) is 0. The van der Waals surface area contributed by atoms with E-state index in [2.05, 4.69) is 20.8 Å². The minimum atomic E-state index is -0.134. The van der Waals surface area contributed by atoms with Crippen molar-refractivity contribution < 1.29 is 14.3 Å². The van der Waals surface area contributed by atoms with E-state index in [0.717, 1.165) is 17.1 Å². The quantitative estimate of drug-likeness (QED) is 0.802. The van der Waals surface area contributed by atoms with Gasteiger partial charge in [-0.05, 0) is 64.3 Å². The first kappa shape index (κ1) is 17.9. The van der Waals surface area contributed by atoms with Gasteiger partial charge >= 0.3 is 0 Å². The highest BCUT2D eigenvalue weighted by Gasteiger charge is 2.33. The van der Waals surface area contributed by atoms with E-state index < -0.39 is 0 Å². The molecule has 0 spiro atoms. The van der Waals surface area contributed by atoms with Crippen molar-refractivity contribution in [1.82, 2.24) is 14.7 Å². The number of ether oxygens (including phenoxy) is 2. The lowest BCUT2D eigenvalue weighted by Crippen LogP contribution is -2.31. The number of carbonyl (C=O) groups is 1. The maximum absolute atomic E-state index is 13.1. The minimum Gasteiger partial charge on any atom is -0.454 e. The zero-order valence-corrected chi connectivity index (χ0v) is 16.5. The molecule has 1 aromatic carbocycles. The zero-order chi connectivity index (χ0) is 19.2. The molecule has 1 aliphatic carbocycles. The van der Waals surface area contributed by atoms with Gasteiger partial charge in [-0.25, -0.2) is 0 Å². The summed E-state index contributed by atoms with van der Waals surface area (Å²) in [6.45, 7) is 9.78. The molecule has 1 saturated carbocycles. The van der Waals surface area contributed by atoms with Crippen molar-refractivity contribution >= 4 is 5.91 Å². The Morgan fingerprint density at radius 3 is 2.63 bits per heavy atom. The van der Waals surface area contributed by atoms with Crippen LogP contribution in [0.15, 0.2) is 24.3 Å². The van der Waals surface area contributed by atoms with Crippen LogP contribution in [0.1, 0.15) is 68.2 Å². The number of rotatable bonds is 5. The Balaban J connectivity index is 1.57. The molecular formula is C21H27N3O3. The monoisotopic (exact) mass is 369 g/mol. The van der Waals surface area contributed by atoms with Crippen molar-refractivity contribution in [2.24, 2.45) is 0 Å². The predicted molar refractivity (Wildman–Crippen MR) is 102 cm³/mol. The minimum absolute atomic E-state index is 0.0277. The standard InChI is InChI=1S/C21H27N3O3/c1-5-23(12-14-6-9-18-19(10-14)27-13-26-18)20(25)16-11-17(15-7-8-15)24(22-16)21(2,3)4/h6,9-11,15H,5,7-8,12-13H2,1-4H3. The Labute approximate surface area is 160 Å².